The van der Waals surface area contributed by atoms with Crippen LogP contribution in [0.3, 0.4) is 0 Å². The van der Waals surface area contributed by atoms with E-state index in [0.717, 1.165) is 11.6 Å². The van der Waals surface area contributed by atoms with E-state index in [1.54, 1.807) is 6.07 Å². The summed E-state index contributed by atoms with van der Waals surface area (Å²) in [6.45, 7) is 1.47. The molecule has 2 aromatic rings. The van der Waals surface area contributed by atoms with Crippen molar-refractivity contribution in [2.45, 2.75) is 11.3 Å². The van der Waals surface area contributed by atoms with Gasteiger partial charge in [-0.1, -0.05) is 23.7 Å². The van der Waals surface area contributed by atoms with E-state index >= 15 is 0 Å². The average molecular weight is 426 g/mol. The van der Waals surface area contributed by atoms with Crippen LogP contribution in [0.5, 0.6) is 0 Å². The van der Waals surface area contributed by atoms with Gasteiger partial charge in [-0.05, 0) is 30.2 Å². The van der Waals surface area contributed by atoms with Gasteiger partial charge in [-0.2, -0.15) is 4.31 Å². The molecular formula is C18H20ClN3O5S. The first-order chi connectivity index (χ1) is 13.4. The Morgan fingerprint density at radius 1 is 1.18 bits per heavy atom. The van der Waals surface area contributed by atoms with Gasteiger partial charge >= 0.3 is 0 Å². The molecule has 1 heterocycles. The van der Waals surface area contributed by atoms with E-state index in [-0.39, 0.29) is 23.7 Å². The summed E-state index contributed by atoms with van der Waals surface area (Å²) in [7, 11) is -3.89. The molecule has 0 unspecified atom stereocenters. The number of nitrogens with zero attached hydrogens (tertiary/aromatic N) is 2. The number of ether oxygens (including phenoxy) is 1. The van der Waals surface area contributed by atoms with Gasteiger partial charge in [0.2, 0.25) is 10.0 Å². The summed E-state index contributed by atoms with van der Waals surface area (Å²) in [6, 6.07) is 11.2. The normalized spacial score (nSPS) is 15.3. The Balaban J connectivity index is 1.84. The molecule has 0 bridgehead atoms. The summed E-state index contributed by atoms with van der Waals surface area (Å²) < 4.78 is 32.6. The van der Waals surface area contributed by atoms with Crippen LogP contribution in [-0.2, 0) is 21.2 Å². The summed E-state index contributed by atoms with van der Waals surface area (Å²) >= 11 is 5.98. The van der Waals surface area contributed by atoms with Crippen molar-refractivity contribution < 1.29 is 18.1 Å². The maximum absolute atomic E-state index is 13.1. The van der Waals surface area contributed by atoms with Gasteiger partial charge in [-0.25, -0.2) is 8.42 Å². The highest BCUT2D eigenvalue weighted by Gasteiger charge is 2.30. The molecule has 150 valence electrons. The lowest BCUT2D eigenvalue weighted by Gasteiger charge is -2.27. The van der Waals surface area contributed by atoms with Crippen molar-refractivity contribution in [3.63, 3.8) is 0 Å². The van der Waals surface area contributed by atoms with Crippen LogP contribution < -0.4 is 5.32 Å². The minimum absolute atomic E-state index is 0.102. The summed E-state index contributed by atoms with van der Waals surface area (Å²) in [5.41, 5.74) is 1.06. The van der Waals surface area contributed by atoms with Crippen molar-refractivity contribution >= 4 is 33.0 Å². The Hall–Kier alpha value is -2.20. The third-order valence-electron chi connectivity index (χ3n) is 4.38. The fourth-order valence-corrected chi connectivity index (χ4v) is 4.75. The van der Waals surface area contributed by atoms with Crippen LogP contribution in [-0.4, -0.2) is 50.5 Å². The van der Waals surface area contributed by atoms with E-state index in [4.69, 9.17) is 16.3 Å². The standard InChI is InChI=1S/C18H20ClN3O5S/c19-15-3-1-2-14(12-15)6-7-20-17-5-4-16(22(23)24)13-18(17)28(25,26)21-8-10-27-11-9-21/h1-5,12-13,20H,6-11H2. The van der Waals surface area contributed by atoms with Crippen LogP contribution in [0.15, 0.2) is 47.4 Å². The SMILES string of the molecule is O=[N+]([O-])c1ccc(NCCc2cccc(Cl)c2)c(S(=O)(=O)N2CCOCC2)c1. The maximum Gasteiger partial charge on any atom is 0.270 e. The zero-order valence-electron chi connectivity index (χ0n) is 15.0. The maximum atomic E-state index is 13.1. The first-order valence-corrected chi connectivity index (χ1v) is 10.5. The van der Waals surface area contributed by atoms with Gasteiger partial charge in [-0.3, -0.25) is 10.1 Å². The number of hydrogen-bond acceptors (Lipinski definition) is 6. The Morgan fingerprint density at radius 2 is 1.93 bits per heavy atom. The van der Waals surface area contributed by atoms with Crippen LogP contribution in [0.2, 0.25) is 5.02 Å². The number of anilines is 1. The molecule has 28 heavy (non-hydrogen) atoms. The molecule has 0 aliphatic carbocycles. The summed E-state index contributed by atoms with van der Waals surface area (Å²) in [5.74, 6) is 0. The van der Waals surface area contributed by atoms with Crippen LogP contribution in [0, 0.1) is 10.1 Å². The molecule has 0 saturated carbocycles. The Bertz CT molecular complexity index is 961. The number of benzene rings is 2. The van der Waals surface area contributed by atoms with Crippen molar-refractivity contribution in [3.05, 3.63) is 63.2 Å². The largest absolute Gasteiger partial charge is 0.384 e. The number of nitrogens with one attached hydrogen (secondary N) is 1. The smallest absolute Gasteiger partial charge is 0.270 e. The first-order valence-electron chi connectivity index (χ1n) is 8.72. The van der Waals surface area contributed by atoms with Crippen molar-refractivity contribution in [3.8, 4) is 0 Å². The van der Waals surface area contributed by atoms with Gasteiger partial charge < -0.3 is 10.1 Å². The molecule has 1 fully saturated rings. The number of sulfonamides is 1. The number of halogens is 1. The highest BCUT2D eigenvalue weighted by molar-refractivity contribution is 7.89. The Morgan fingerprint density at radius 3 is 2.61 bits per heavy atom. The van der Waals surface area contributed by atoms with E-state index < -0.39 is 14.9 Å². The molecular weight excluding hydrogens is 406 g/mol. The molecule has 1 aliphatic heterocycles. The molecule has 0 radical (unpaired) electrons. The predicted octanol–water partition coefficient (Wildman–Crippen LogP) is 2.92. The number of non-ortho nitro benzene ring substituents is 1. The quantitative estimate of drug-likeness (QED) is 0.540. The molecule has 1 saturated heterocycles. The van der Waals surface area contributed by atoms with Gasteiger partial charge in [0.1, 0.15) is 4.90 Å². The molecule has 10 heteroatoms. The predicted molar refractivity (Wildman–Crippen MR) is 106 cm³/mol. The van der Waals surface area contributed by atoms with E-state index in [0.29, 0.717) is 36.9 Å². The topological polar surface area (TPSA) is 102 Å². The van der Waals surface area contributed by atoms with Gasteiger partial charge in [0.15, 0.2) is 0 Å². The second-order valence-electron chi connectivity index (χ2n) is 6.26. The zero-order chi connectivity index (χ0) is 20.1. The van der Waals surface area contributed by atoms with Gasteiger partial charge in [0.05, 0.1) is 23.8 Å². The lowest BCUT2D eigenvalue weighted by molar-refractivity contribution is -0.385. The number of hydrogen-bond donors (Lipinski definition) is 1. The molecule has 0 spiro atoms. The molecule has 0 aromatic heterocycles. The van der Waals surface area contributed by atoms with E-state index in [9.17, 15) is 18.5 Å². The number of nitro benzene ring substituents is 1. The van der Waals surface area contributed by atoms with E-state index in [1.165, 1.54) is 16.4 Å². The molecule has 3 rings (SSSR count). The Kier molecular flexibility index (Phi) is 6.50. The minimum Gasteiger partial charge on any atom is -0.384 e. The van der Waals surface area contributed by atoms with Gasteiger partial charge in [-0.15, -0.1) is 0 Å². The molecule has 0 amide bonds. The third-order valence-corrected chi connectivity index (χ3v) is 6.56. The first kappa shape index (κ1) is 20.5. The molecule has 2 aromatic carbocycles. The summed E-state index contributed by atoms with van der Waals surface area (Å²) in [6.07, 6.45) is 0.620. The van der Waals surface area contributed by atoms with Crippen molar-refractivity contribution in [2.75, 3.05) is 38.2 Å². The zero-order valence-corrected chi connectivity index (χ0v) is 16.6. The molecule has 1 aliphatic rings. The second kappa shape index (κ2) is 8.87. The Labute approximate surface area is 168 Å². The number of nitro groups is 1. The average Bonchev–Trinajstić information content (AvgIpc) is 2.68. The lowest BCUT2D eigenvalue weighted by atomic mass is 10.1. The highest BCUT2D eigenvalue weighted by atomic mass is 35.5. The summed E-state index contributed by atoms with van der Waals surface area (Å²) in [4.78, 5) is 10.4. The van der Waals surface area contributed by atoms with Crippen molar-refractivity contribution in [1.29, 1.82) is 0 Å². The van der Waals surface area contributed by atoms with Crippen LogP contribution in [0.1, 0.15) is 5.56 Å². The molecule has 0 atom stereocenters. The van der Waals surface area contributed by atoms with E-state index in [2.05, 4.69) is 5.32 Å². The number of morpholine rings is 1. The number of rotatable bonds is 7. The second-order valence-corrected chi connectivity index (χ2v) is 8.60. The fraction of sp³-hybridized carbons (Fsp3) is 0.333. The highest BCUT2D eigenvalue weighted by Crippen LogP contribution is 2.29. The van der Waals surface area contributed by atoms with Crippen LogP contribution in [0.4, 0.5) is 11.4 Å². The van der Waals surface area contributed by atoms with E-state index in [1.807, 2.05) is 18.2 Å². The third kappa shape index (κ3) is 4.79. The minimum atomic E-state index is -3.89. The van der Waals surface area contributed by atoms with Crippen molar-refractivity contribution in [1.82, 2.24) is 4.31 Å². The van der Waals surface area contributed by atoms with Crippen LogP contribution in [0.25, 0.3) is 0 Å². The van der Waals surface area contributed by atoms with Gasteiger partial charge in [0, 0.05) is 36.8 Å². The van der Waals surface area contributed by atoms with Crippen molar-refractivity contribution in [2.24, 2.45) is 0 Å². The summed E-state index contributed by atoms with van der Waals surface area (Å²) in [5, 5.41) is 14.9. The molecule has 8 nitrogen and oxygen atoms in total. The van der Waals surface area contributed by atoms with Crippen LogP contribution >= 0.6 is 11.6 Å². The fourth-order valence-electron chi connectivity index (χ4n) is 2.94. The molecule has 1 N–H and O–H groups in total. The van der Waals surface area contributed by atoms with Gasteiger partial charge in [0.25, 0.3) is 5.69 Å². The monoisotopic (exact) mass is 425 g/mol. The lowest BCUT2D eigenvalue weighted by Crippen LogP contribution is -2.40.